The average Bonchev–Trinajstić information content (AvgIpc) is 2.86. The van der Waals surface area contributed by atoms with Crippen molar-refractivity contribution in [1.82, 2.24) is 0 Å². The number of ether oxygens (including phenoxy) is 1. The molecule has 0 spiro atoms. The predicted octanol–water partition coefficient (Wildman–Crippen LogP) is 5.15. The largest absolute Gasteiger partial charge is 0.370 e. The fraction of sp³-hybridized carbons (Fsp3) is 0.444. The fourth-order valence-corrected chi connectivity index (χ4v) is 3.68. The summed E-state index contributed by atoms with van der Waals surface area (Å²) in [6, 6.07) is 15.8. The van der Waals surface area contributed by atoms with Crippen molar-refractivity contribution < 1.29 is 19.1 Å². The fourth-order valence-electron chi connectivity index (χ4n) is 3.41. The van der Waals surface area contributed by atoms with E-state index in [1.54, 1.807) is 16.9 Å². The van der Waals surface area contributed by atoms with Gasteiger partial charge in [-0.15, -0.1) is 23.2 Å². The minimum Gasteiger partial charge on any atom is -0.370 e. The summed E-state index contributed by atoms with van der Waals surface area (Å²) in [6.07, 6.45) is 1.75. The number of aryl methyl sites for hydroxylation is 2. The highest BCUT2D eigenvalue weighted by Crippen LogP contribution is 2.27. The molecule has 9 heteroatoms. The second kappa shape index (κ2) is 18.6. The van der Waals surface area contributed by atoms with Gasteiger partial charge in [0, 0.05) is 25.8 Å². The number of methoxy groups -OCH3 is 1. The number of amides is 3. The monoisotopic (exact) mass is 539 g/mol. The van der Waals surface area contributed by atoms with Crippen LogP contribution in [0.3, 0.4) is 0 Å². The van der Waals surface area contributed by atoms with E-state index < -0.39 is 0 Å². The van der Waals surface area contributed by atoms with E-state index in [0.717, 1.165) is 35.3 Å². The highest BCUT2D eigenvalue weighted by molar-refractivity contribution is 6.29. The average molecular weight is 541 g/mol. The van der Waals surface area contributed by atoms with E-state index in [-0.39, 0.29) is 42.3 Å². The third-order valence-electron chi connectivity index (χ3n) is 4.84. The zero-order valence-electron chi connectivity index (χ0n) is 22.1. The number of para-hydroxylation sites is 2. The molecule has 2 rings (SSSR count). The predicted molar refractivity (Wildman–Crippen MR) is 150 cm³/mol. The van der Waals surface area contributed by atoms with Crippen molar-refractivity contribution in [3.8, 4) is 0 Å². The third-order valence-corrected chi connectivity index (χ3v) is 5.30. The van der Waals surface area contributed by atoms with Gasteiger partial charge in [0.05, 0.1) is 5.69 Å². The van der Waals surface area contributed by atoms with Crippen molar-refractivity contribution in [2.24, 2.45) is 5.73 Å². The lowest BCUT2D eigenvalue weighted by molar-refractivity contribution is -0.117. The van der Waals surface area contributed by atoms with Crippen LogP contribution in [-0.2, 0) is 32.0 Å². The number of nitrogens with two attached hydrogens (primary N) is 1. The van der Waals surface area contributed by atoms with Gasteiger partial charge in [0.25, 0.3) is 0 Å². The molecule has 0 aliphatic heterocycles. The normalized spacial score (nSPS) is 9.92. The Bertz CT molecular complexity index is 914. The number of benzene rings is 2. The van der Waals surface area contributed by atoms with Gasteiger partial charge in [0.15, 0.2) is 0 Å². The van der Waals surface area contributed by atoms with E-state index in [0.29, 0.717) is 0 Å². The second-order valence-corrected chi connectivity index (χ2v) is 8.48. The number of carbonyl (C=O) groups excluding carboxylic acids is 3. The lowest BCUT2D eigenvalue weighted by Gasteiger charge is -2.26. The van der Waals surface area contributed by atoms with Crippen molar-refractivity contribution >= 4 is 52.3 Å². The van der Waals surface area contributed by atoms with E-state index in [2.05, 4.69) is 19.6 Å². The lowest BCUT2D eigenvalue weighted by atomic mass is 10.0. The third kappa shape index (κ3) is 11.4. The van der Waals surface area contributed by atoms with Crippen LogP contribution in [0.4, 0.5) is 11.4 Å². The van der Waals surface area contributed by atoms with Crippen LogP contribution >= 0.6 is 23.2 Å². The van der Waals surface area contributed by atoms with Gasteiger partial charge in [-0.3, -0.25) is 19.3 Å². The summed E-state index contributed by atoms with van der Waals surface area (Å²) >= 11 is 11.2. The standard InChI is InChI=1S/C14H20ClNO2.C11H14ClNO.C2H5NO/c1-4-11-7-6-8-12(5-2)14(11)16(10-18-3)13(17)9-15;1-9(2)13(11(14)8-12)10-6-4-3-5-7-10;1-2(3)4/h6-8H,4-5,9-10H2,1-3H3;3-7,9H,8H2,1-2H3;1H3,(H2,3,4). The Kier molecular flexibility index (Phi) is 17.3. The minimum absolute atomic E-state index is 0.0209. The van der Waals surface area contributed by atoms with E-state index in [4.69, 9.17) is 27.9 Å². The number of rotatable bonds is 9. The maximum absolute atomic E-state index is 12.0. The zero-order valence-corrected chi connectivity index (χ0v) is 23.6. The molecule has 7 nitrogen and oxygen atoms in total. The van der Waals surface area contributed by atoms with Crippen molar-refractivity contribution in [1.29, 1.82) is 0 Å². The molecule has 0 saturated heterocycles. The van der Waals surface area contributed by atoms with Gasteiger partial charge in [0.2, 0.25) is 17.7 Å². The molecule has 0 saturated carbocycles. The van der Waals surface area contributed by atoms with Crippen LogP contribution in [0, 0.1) is 0 Å². The van der Waals surface area contributed by atoms with Crippen LogP contribution in [0.25, 0.3) is 0 Å². The first kappa shape index (κ1) is 33.4. The first-order chi connectivity index (χ1) is 17.1. The summed E-state index contributed by atoms with van der Waals surface area (Å²) in [7, 11) is 1.58. The number of halogens is 2. The van der Waals surface area contributed by atoms with Gasteiger partial charge in [-0.2, -0.15) is 0 Å². The van der Waals surface area contributed by atoms with Crippen LogP contribution in [0.5, 0.6) is 0 Å². The summed E-state index contributed by atoms with van der Waals surface area (Å²) in [5.74, 6) is -0.542. The number of nitrogens with zero attached hydrogens (tertiary/aromatic N) is 2. The molecule has 0 fully saturated rings. The highest BCUT2D eigenvalue weighted by atomic mass is 35.5. The Labute approximate surface area is 225 Å². The van der Waals surface area contributed by atoms with Crippen LogP contribution < -0.4 is 15.5 Å². The maximum atomic E-state index is 12.0. The van der Waals surface area contributed by atoms with Crippen LogP contribution in [0.2, 0.25) is 0 Å². The smallest absolute Gasteiger partial charge is 0.243 e. The number of alkyl halides is 2. The molecule has 36 heavy (non-hydrogen) atoms. The topological polar surface area (TPSA) is 92.9 Å². The number of hydrogen-bond acceptors (Lipinski definition) is 4. The molecule has 2 N–H and O–H groups in total. The molecule has 2 aromatic rings. The van der Waals surface area contributed by atoms with Gasteiger partial charge in [0.1, 0.15) is 18.5 Å². The number of carbonyl (C=O) groups is 3. The molecular weight excluding hydrogens is 501 g/mol. The maximum Gasteiger partial charge on any atom is 0.243 e. The van der Waals surface area contributed by atoms with Crippen molar-refractivity contribution in [2.75, 3.05) is 35.4 Å². The molecule has 0 atom stereocenters. The number of anilines is 2. The van der Waals surface area contributed by atoms with Gasteiger partial charge < -0.3 is 15.4 Å². The van der Waals surface area contributed by atoms with E-state index >= 15 is 0 Å². The second-order valence-electron chi connectivity index (χ2n) is 7.94. The first-order valence-electron chi connectivity index (χ1n) is 11.7. The quantitative estimate of drug-likeness (QED) is 0.352. The molecular formula is C27H39Cl2N3O4. The molecule has 0 heterocycles. The van der Waals surface area contributed by atoms with Crippen LogP contribution in [0.1, 0.15) is 45.7 Å². The highest BCUT2D eigenvalue weighted by Gasteiger charge is 2.20. The van der Waals surface area contributed by atoms with E-state index in [1.165, 1.54) is 6.92 Å². The number of hydrogen-bond donors (Lipinski definition) is 1. The number of primary amides is 1. The first-order valence-corrected chi connectivity index (χ1v) is 12.8. The summed E-state index contributed by atoms with van der Waals surface area (Å²) < 4.78 is 5.13. The molecule has 0 aliphatic carbocycles. The summed E-state index contributed by atoms with van der Waals surface area (Å²) in [6.45, 7) is 9.63. The van der Waals surface area contributed by atoms with Gasteiger partial charge in [-0.05, 0) is 49.9 Å². The molecule has 0 radical (unpaired) electrons. The summed E-state index contributed by atoms with van der Waals surface area (Å²) in [5, 5.41) is 0. The molecule has 200 valence electrons. The molecule has 3 amide bonds. The molecule has 0 unspecified atom stereocenters. The van der Waals surface area contributed by atoms with E-state index in [9.17, 15) is 14.4 Å². The van der Waals surface area contributed by atoms with Crippen LogP contribution in [-0.4, -0.2) is 49.4 Å². The van der Waals surface area contributed by atoms with Gasteiger partial charge in [-0.1, -0.05) is 50.2 Å². The molecule has 0 aromatic heterocycles. The van der Waals surface area contributed by atoms with Crippen molar-refractivity contribution in [3.05, 3.63) is 59.7 Å². The minimum atomic E-state index is -0.333. The van der Waals surface area contributed by atoms with Gasteiger partial charge in [-0.25, -0.2) is 0 Å². The Morgan fingerprint density at radius 1 is 0.889 bits per heavy atom. The van der Waals surface area contributed by atoms with Gasteiger partial charge >= 0.3 is 0 Å². The van der Waals surface area contributed by atoms with E-state index in [1.807, 2.05) is 62.4 Å². The zero-order chi connectivity index (χ0) is 27.7. The molecule has 2 aromatic carbocycles. The molecule has 0 aliphatic rings. The Morgan fingerprint density at radius 2 is 1.36 bits per heavy atom. The van der Waals surface area contributed by atoms with Crippen molar-refractivity contribution in [3.63, 3.8) is 0 Å². The van der Waals surface area contributed by atoms with Crippen LogP contribution in [0.15, 0.2) is 48.5 Å². The Morgan fingerprint density at radius 3 is 1.72 bits per heavy atom. The van der Waals surface area contributed by atoms with Crippen molar-refractivity contribution in [2.45, 2.75) is 53.5 Å². The Hall–Kier alpha value is -2.61. The lowest BCUT2D eigenvalue weighted by Crippen LogP contribution is -2.37. The summed E-state index contributed by atoms with van der Waals surface area (Å²) in [5.41, 5.74) is 8.61. The Balaban J connectivity index is 0.000000606. The summed E-state index contributed by atoms with van der Waals surface area (Å²) in [4.78, 5) is 36.1. The SMILES string of the molecule is CC(C)N(C(=O)CCl)c1ccccc1.CC(N)=O.CCc1cccc(CC)c1N(COC)C(=O)CCl. The molecule has 0 bridgehead atoms.